The van der Waals surface area contributed by atoms with Gasteiger partial charge in [0.1, 0.15) is 5.54 Å². The molecule has 1 amide bonds. The van der Waals surface area contributed by atoms with Gasteiger partial charge in [0.25, 0.3) is 0 Å². The number of nitrogens with two attached hydrogens (primary N) is 1. The number of carbonyl (C=O) groups is 1. The Morgan fingerprint density at radius 1 is 1.17 bits per heavy atom. The summed E-state index contributed by atoms with van der Waals surface area (Å²) < 4.78 is 5.92. The van der Waals surface area contributed by atoms with Crippen molar-refractivity contribution in [2.24, 2.45) is 23.0 Å². The summed E-state index contributed by atoms with van der Waals surface area (Å²) in [5.74, 6) is 0.986. The second kappa shape index (κ2) is 6.89. The Morgan fingerprint density at radius 3 is 2.48 bits per heavy atom. The lowest BCUT2D eigenvalue weighted by atomic mass is 9.46. The summed E-state index contributed by atoms with van der Waals surface area (Å²) in [5, 5.41) is 0. The lowest BCUT2D eigenvalue weighted by Crippen LogP contribution is -2.82. The van der Waals surface area contributed by atoms with Crippen molar-refractivity contribution in [1.82, 2.24) is 4.90 Å². The molecule has 4 nitrogen and oxygen atoms in total. The Morgan fingerprint density at radius 2 is 1.83 bits per heavy atom. The minimum atomic E-state index is -0.749. The van der Waals surface area contributed by atoms with E-state index in [1.165, 1.54) is 32.1 Å². The first kappa shape index (κ1) is 19.0. The second-order valence-corrected chi connectivity index (χ2v) is 8.32. The average molecular weight is 345 g/mol. The van der Waals surface area contributed by atoms with Crippen LogP contribution in [0.5, 0.6) is 0 Å². The van der Waals surface area contributed by atoms with Gasteiger partial charge in [-0.25, -0.2) is 0 Å². The van der Waals surface area contributed by atoms with Crippen LogP contribution >= 0.6 is 12.4 Å². The van der Waals surface area contributed by atoms with Gasteiger partial charge in [-0.15, -0.1) is 12.4 Å². The van der Waals surface area contributed by atoms with Gasteiger partial charge in [0.15, 0.2) is 0 Å². The summed E-state index contributed by atoms with van der Waals surface area (Å²) in [6.45, 7) is 5.89. The predicted octanol–water partition coefficient (Wildman–Crippen LogP) is 2.98. The number of hydrogen-bond donors (Lipinski definition) is 1. The molecule has 23 heavy (non-hydrogen) atoms. The molecule has 3 fully saturated rings. The van der Waals surface area contributed by atoms with Crippen molar-refractivity contribution >= 4 is 18.3 Å². The number of rotatable bonds is 3. The van der Waals surface area contributed by atoms with Crippen LogP contribution in [0.15, 0.2) is 0 Å². The maximum atomic E-state index is 13.1. The van der Waals surface area contributed by atoms with Crippen molar-refractivity contribution in [3.8, 4) is 0 Å². The summed E-state index contributed by atoms with van der Waals surface area (Å²) in [7, 11) is 1.94. The molecule has 3 rings (SSSR count). The van der Waals surface area contributed by atoms with Gasteiger partial charge in [-0.1, -0.05) is 33.1 Å². The molecule has 1 heterocycles. The summed E-state index contributed by atoms with van der Waals surface area (Å²) in [6.07, 6.45) is 8.68. The highest BCUT2D eigenvalue weighted by molar-refractivity contribution is 5.89. The predicted molar refractivity (Wildman–Crippen MR) is 94.6 cm³/mol. The number of amides is 1. The van der Waals surface area contributed by atoms with Gasteiger partial charge in [-0.3, -0.25) is 4.79 Å². The molecule has 2 aliphatic carbocycles. The molecular weight excluding hydrogens is 312 g/mol. The van der Waals surface area contributed by atoms with Gasteiger partial charge >= 0.3 is 0 Å². The fraction of sp³-hybridized carbons (Fsp3) is 0.944. The molecule has 3 atom stereocenters. The van der Waals surface area contributed by atoms with Crippen LogP contribution in [0, 0.1) is 17.3 Å². The monoisotopic (exact) mass is 344 g/mol. The van der Waals surface area contributed by atoms with E-state index in [1.54, 1.807) is 0 Å². The van der Waals surface area contributed by atoms with Crippen LogP contribution in [-0.4, -0.2) is 42.6 Å². The van der Waals surface area contributed by atoms with Gasteiger partial charge in [0.05, 0.1) is 6.10 Å². The van der Waals surface area contributed by atoms with E-state index in [4.69, 9.17) is 10.5 Å². The van der Waals surface area contributed by atoms with Gasteiger partial charge in [0, 0.05) is 31.5 Å². The van der Waals surface area contributed by atoms with Crippen LogP contribution < -0.4 is 5.73 Å². The molecule has 0 radical (unpaired) electrons. The Kier molecular flexibility index (Phi) is 5.70. The molecule has 0 spiro atoms. The fourth-order valence-electron chi connectivity index (χ4n) is 5.17. The largest absolute Gasteiger partial charge is 0.377 e. The molecule has 0 bridgehead atoms. The molecule has 0 aromatic carbocycles. The van der Waals surface area contributed by atoms with E-state index in [1.807, 2.05) is 11.9 Å². The number of ether oxygens (including phenoxy) is 1. The Bertz CT molecular complexity index is 437. The smallest absolute Gasteiger partial charge is 0.243 e. The van der Waals surface area contributed by atoms with Crippen LogP contribution in [0.1, 0.15) is 58.8 Å². The van der Waals surface area contributed by atoms with Crippen LogP contribution in [0.2, 0.25) is 0 Å². The molecule has 2 N–H and O–H groups in total. The molecule has 0 aromatic heterocycles. The molecule has 5 heteroatoms. The van der Waals surface area contributed by atoms with Crippen molar-refractivity contribution in [3.63, 3.8) is 0 Å². The van der Waals surface area contributed by atoms with Crippen molar-refractivity contribution in [2.75, 3.05) is 20.2 Å². The highest BCUT2D eigenvalue weighted by atomic mass is 35.5. The normalized spacial score (nSPS) is 36.3. The van der Waals surface area contributed by atoms with E-state index < -0.39 is 5.54 Å². The van der Waals surface area contributed by atoms with Crippen LogP contribution in [0.25, 0.3) is 0 Å². The highest BCUT2D eigenvalue weighted by Gasteiger charge is 2.70. The van der Waals surface area contributed by atoms with Gasteiger partial charge in [0.2, 0.25) is 5.91 Å². The second-order valence-electron chi connectivity index (χ2n) is 8.32. The molecule has 3 unspecified atom stereocenters. The first-order valence-electron chi connectivity index (χ1n) is 9.05. The van der Waals surface area contributed by atoms with Crippen LogP contribution in [-0.2, 0) is 9.53 Å². The summed E-state index contributed by atoms with van der Waals surface area (Å²) in [4.78, 5) is 15.1. The van der Waals surface area contributed by atoms with E-state index in [9.17, 15) is 4.79 Å². The van der Waals surface area contributed by atoms with Crippen molar-refractivity contribution in [1.29, 1.82) is 0 Å². The molecular formula is C18H33ClN2O2. The Hall–Kier alpha value is -0.320. The topological polar surface area (TPSA) is 55.6 Å². The zero-order chi connectivity index (χ0) is 16.0. The van der Waals surface area contributed by atoms with Crippen LogP contribution in [0.4, 0.5) is 0 Å². The SMILES string of the molecule is CN(CC1CCCCC1)C(=O)C1(N)C2CCCOC2C1(C)C.Cl. The summed E-state index contributed by atoms with van der Waals surface area (Å²) >= 11 is 0. The van der Waals surface area contributed by atoms with Crippen LogP contribution in [0.3, 0.4) is 0 Å². The van der Waals surface area contributed by atoms with Gasteiger partial charge in [-0.2, -0.15) is 0 Å². The number of fused-ring (bicyclic) bond motifs is 1. The minimum Gasteiger partial charge on any atom is -0.377 e. The molecule has 3 aliphatic rings. The Balaban J connectivity index is 0.00000192. The van der Waals surface area contributed by atoms with E-state index >= 15 is 0 Å². The number of likely N-dealkylation sites (N-methyl/N-ethyl adjacent to an activating group) is 1. The number of hydrogen-bond acceptors (Lipinski definition) is 3. The first-order chi connectivity index (χ1) is 10.4. The summed E-state index contributed by atoms with van der Waals surface area (Å²) in [5.41, 5.74) is 5.70. The van der Waals surface area contributed by atoms with Crippen molar-refractivity contribution in [2.45, 2.75) is 70.4 Å². The molecule has 1 saturated heterocycles. The lowest BCUT2D eigenvalue weighted by Gasteiger charge is -2.65. The Labute approximate surface area is 146 Å². The average Bonchev–Trinajstić information content (AvgIpc) is 2.54. The van der Waals surface area contributed by atoms with E-state index in [0.717, 1.165) is 26.0 Å². The number of halogens is 1. The maximum absolute atomic E-state index is 13.1. The summed E-state index contributed by atoms with van der Waals surface area (Å²) in [6, 6.07) is 0. The van der Waals surface area contributed by atoms with Gasteiger partial charge in [-0.05, 0) is 31.6 Å². The van der Waals surface area contributed by atoms with Crippen molar-refractivity contribution < 1.29 is 9.53 Å². The number of carbonyl (C=O) groups excluding carboxylic acids is 1. The minimum absolute atomic E-state index is 0. The number of nitrogens with zero attached hydrogens (tertiary/aromatic N) is 1. The highest BCUT2D eigenvalue weighted by Crippen LogP contribution is 2.57. The van der Waals surface area contributed by atoms with E-state index in [2.05, 4.69) is 13.8 Å². The first-order valence-corrected chi connectivity index (χ1v) is 9.05. The third-order valence-corrected chi connectivity index (χ3v) is 6.64. The zero-order valence-corrected chi connectivity index (χ0v) is 15.7. The van der Waals surface area contributed by atoms with Crippen molar-refractivity contribution in [3.05, 3.63) is 0 Å². The molecule has 1 aliphatic heterocycles. The van der Waals surface area contributed by atoms with E-state index in [0.29, 0.717) is 5.92 Å². The lowest BCUT2D eigenvalue weighted by molar-refractivity contribution is -0.229. The zero-order valence-electron chi connectivity index (χ0n) is 14.8. The fourth-order valence-corrected chi connectivity index (χ4v) is 5.17. The quantitative estimate of drug-likeness (QED) is 0.856. The standard InChI is InChI=1S/C18H32N2O2.ClH/c1-17(2)15-14(10-7-11-22-15)18(17,19)16(21)20(3)12-13-8-5-4-6-9-13;/h13-15H,4-12,19H2,1-3H3;1H. The third kappa shape index (κ3) is 2.91. The maximum Gasteiger partial charge on any atom is 0.243 e. The molecule has 134 valence electrons. The molecule has 0 aromatic rings. The molecule has 2 saturated carbocycles. The van der Waals surface area contributed by atoms with E-state index in [-0.39, 0.29) is 35.8 Å². The van der Waals surface area contributed by atoms with Gasteiger partial charge < -0.3 is 15.4 Å². The third-order valence-electron chi connectivity index (χ3n) is 6.64.